The van der Waals surface area contributed by atoms with Crippen molar-refractivity contribution in [1.82, 2.24) is 0 Å². The molecule has 2 rings (SSSR count). The van der Waals surface area contributed by atoms with Crippen LogP contribution in [0.1, 0.15) is 27.0 Å². The second-order valence-corrected chi connectivity index (χ2v) is 6.65. The second kappa shape index (κ2) is 6.88. The van der Waals surface area contributed by atoms with Gasteiger partial charge in [-0.2, -0.15) is 0 Å². The molecule has 0 heterocycles. The molecule has 0 aromatic heterocycles. The number of benzene rings is 2. The summed E-state index contributed by atoms with van der Waals surface area (Å²) in [6.45, 7) is 0. The van der Waals surface area contributed by atoms with Crippen LogP contribution >= 0.6 is 7.60 Å². The van der Waals surface area contributed by atoms with Crippen LogP contribution in [0.5, 0.6) is 0 Å². The maximum Gasteiger partial charge on any atom is 0.337 e. The molecule has 116 valence electrons. The molecular weight excluding hydrogens is 303 g/mol. The van der Waals surface area contributed by atoms with E-state index >= 15 is 0 Å². The Morgan fingerprint density at radius 1 is 0.955 bits per heavy atom. The largest absolute Gasteiger partial charge is 0.465 e. The van der Waals surface area contributed by atoms with Gasteiger partial charge in [0.15, 0.2) is 0 Å². The molecule has 0 unspecified atom stereocenters. The van der Waals surface area contributed by atoms with Crippen molar-refractivity contribution < 1.29 is 23.9 Å². The lowest BCUT2D eigenvalue weighted by Gasteiger charge is -2.06. The van der Waals surface area contributed by atoms with Crippen molar-refractivity contribution in [2.75, 3.05) is 7.11 Å². The Balaban J connectivity index is 2.04. The number of hydrogen-bond acceptors (Lipinski definition) is 3. The van der Waals surface area contributed by atoms with Gasteiger partial charge in [0.1, 0.15) is 0 Å². The van der Waals surface area contributed by atoms with Crippen LogP contribution in [0.3, 0.4) is 0 Å². The zero-order valence-corrected chi connectivity index (χ0v) is 13.0. The van der Waals surface area contributed by atoms with Gasteiger partial charge in [-0.1, -0.05) is 36.4 Å². The summed E-state index contributed by atoms with van der Waals surface area (Å²) >= 11 is 0. The minimum atomic E-state index is -4.03. The smallest absolute Gasteiger partial charge is 0.337 e. The predicted molar refractivity (Wildman–Crippen MR) is 82.8 cm³/mol. The molecule has 0 saturated heterocycles. The van der Waals surface area contributed by atoms with Crippen LogP contribution in [0.4, 0.5) is 0 Å². The standard InChI is InChI=1S/C16H17O5P/c1-21-16(17)15-8-6-13(7-9-15)10-12-2-4-14(5-3-12)11-22(18,19)20/h2-9H,10-11H2,1H3,(H2,18,19,20). The van der Waals surface area contributed by atoms with Crippen molar-refractivity contribution in [3.63, 3.8) is 0 Å². The summed E-state index contributed by atoms with van der Waals surface area (Å²) in [5.74, 6) is -0.367. The summed E-state index contributed by atoms with van der Waals surface area (Å²) in [5, 5.41) is 0. The van der Waals surface area contributed by atoms with Crippen LogP contribution in [0.15, 0.2) is 48.5 Å². The van der Waals surface area contributed by atoms with E-state index in [1.165, 1.54) is 7.11 Å². The Labute approximate surface area is 128 Å². The maximum absolute atomic E-state index is 11.3. The van der Waals surface area contributed by atoms with Gasteiger partial charge in [-0.15, -0.1) is 0 Å². The lowest BCUT2D eigenvalue weighted by atomic mass is 10.0. The summed E-state index contributed by atoms with van der Waals surface area (Å²) in [6, 6.07) is 14.3. The molecule has 2 aromatic carbocycles. The highest BCUT2D eigenvalue weighted by molar-refractivity contribution is 7.50. The van der Waals surface area contributed by atoms with Gasteiger partial charge in [0.05, 0.1) is 18.8 Å². The van der Waals surface area contributed by atoms with E-state index in [2.05, 4.69) is 4.74 Å². The van der Waals surface area contributed by atoms with Gasteiger partial charge in [0, 0.05) is 0 Å². The summed E-state index contributed by atoms with van der Waals surface area (Å²) in [5.41, 5.74) is 3.18. The Morgan fingerprint density at radius 3 is 1.86 bits per heavy atom. The molecule has 0 aliphatic carbocycles. The molecule has 2 aromatic rings. The van der Waals surface area contributed by atoms with Crippen molar-refractivity contribution in [1.29, 1.82) is 0 Å². The van der Waals surface area contributed by atoms with Gasteiger partial charge in [0.2, 0.25) is 0 Å². The fraction of sp³-hybridized carbons (Fsp3) is 0.188. The molecule has 0 amide bonds. The quantitative estimate of drug-likeness (QED) is 0.654. The highest BCUT2D eigenvalue weighted by Gasteiger charge is 2.13. The van der Waals surface area contributed by atoms with Crippen LogP contribution in [0.2, 0.25) is 0 Å². The lowest BCUT2D eigenvalue weighted by Crippen LogP contribution is -2.01. The Hall–Kier alpha value is -1.94. The summed E-state index contributed by atoms with van der Waals surface area (Å²) in [7, 11) is -2.69. The number of methoxy groups -OCH3 is 1. The molecule has 0 bridgehead atoms. The zero-order valence-electron chi connectivity index (χ0n) is 12.1. The topological polar surface area (TPSA) is 83.8 Å². The summed E-state index contributed by atoms with van der Waals surface area (Å²) in [6.07, 6.45) is 0.429. The Bertz CT molecular complexity index is 685. The van der Waals surface area contributed by atoms with Crippen LogP contribution < -0.4 is 0 Å². The van der Waals surface area contributed by atoms with E-state index in [1.54, 1.807) is 24.3 Å². The second-order valence-electron chi connectivity index (χ2n) is 5.00. The highest BCUT2D eigenvalue weighted by atomic mass is 31.2. The first-order valence-electron chi connectivity index (χ1n) is 6.67. The molecule has 0 spiro atoms. The zero-order chi connectivity index (χ0) is 16.2. The third-order valence-electron chi connectivity index (χ3n) is 3.19. The van der Waals surface area contributed by atoms with E-state index in [4.69, 9.17) is 9.79 Å². The minimum absolute atomic E-state index is 0.249. The third kappa shape index (κ3) is 4.81. The molecule has 2 N–H and O–H groups in total. The maximum atomic E-state index is 11.3. The van der Waals surface area contributed by atoms with E-state index in [0.717, 1.165) is 11.1 Å². The number of carbonyl (C=O) groups excluding carboxylic acids is 1. The molecule has 0 radical (unpaired) electrons. The number of rotatable bonds is 5. The molecule has 6 heteroatoms. The van der Waals surface area contributed by atoms with Gasteiger partial charge >= 0.3 is 13.6 Å². The van der Waals surface area contributed by atoms with Crippen molar-refractivity contribution in [2.45, 2.75) is 12.6 Å². The first kappa shape index (κ1) is 16.4. The van der Waals surface area contributed by atoms with Crippen molar-refractivity contribution in [2.24, 2.45) is 0 Å². The fourth-order valence-corrected chi connectivity index (χ4v) is 2.80. The van der Waals surface area contributed by atoms with Gasteiger partial charge in [0.25, 0.3) is 0 Å². The SMILES string of the molecule is COC(=O)c1ccc(Cc2ccc(CP(=O)(O)O)cc2)cc1. The monoisotopic (exact) mass is 320 g/mol. The first-order valence-corrected chi connectivity index (χ1v) is 8.47. The first-order chi connectivity index (χ1) is 10.4. The van der Waals surface area contributed by atoms with Crippen LogP contribution in [0, 0.1) is 0 Å². The van der Waals surface area contributed by atoms with Gasteiger partial charge in [-0.25, -0.2) is 4.79 Å². The van der Waals surface area contributed by atoms with Crippen molar-refractivity contribution in [3.05, 3.63) is 70.8 Å². The van der Waals surface area contributed by atoms with Crippen LogP contribution in [-0.2, 0) is 21.9 Å². The molecule has 5 nitrogen and oxygen atoms in total. The van der Waals surface area contributed by atoms with Gasteiger partial charge < -0.3 is 14.5 Å². The van der Waals surface area contributed by atoms with E-state index in [1.807, 2.05) is 24.3 Å². The molecule has 0 aliphatic heterocycles. The third-order valence-corrected chi connectivity index (χ3v) is 3.97. The Kier molecular flexibility index (Phi) is 5.14. The van der Waals surface area contributed by atoms with Crippen molar-refractivity contribution >= 4 is 13.6 Å². The molecular formula is C16H17O5P. The number of ether oxygens (including phenoxy) is 1. The van der Waals surface area contributed by atoms with Crippen LogP contribution in [-0.4, -0.2) is 22.9 Å². The average molecular weight is 320 g/mol. The number of hydrogen-bond donors (Lipinski definition) is 2. The molecule has 22 heavy (non-hydrogen) atoms. The van der Waals surface area contributed by atoms with Crippen molar-refractivity contribution in [3.8, 4) is 0 Å². The van der Waals surface area contributed by atoms with Gasteiger partial charge in [-0.3, -0.25) is 4.57 Å². The highest BCUT2D eigenvalue weighted by Crippen LogP contribution is 2.38. The van der Waals surface area contributed by atoms with E-state index in [0.29, 0.717) is 17.5 Å². The minimum Gasteiger partial charge on any atom is -0.465 e. The average Bonchev–Trinajstić information content (AvgIpc) is 2.48. The fourth-order valence-electron chi connectivity index (χ4n) is 2.11. The normalized spacial score (nSPS) is 11.2. The number of carbonyl (C=O) groups is 1. The van der Waals surface area contributed by atoms with E-state index in [9.17, 15) is 9.36 Å². The molecule has 0 atom stereocenters. The lowest BCUT2D eigenvalue weighted by molar-refractivity contribution is 0.0600. The molecule has 0 fully saturated rings. The van der Waals surface area contributed by atoms with Gasteiger partial charge in [-0.05, 0) is 35.2 Å². The number of esters is 1. The Morgan fingerprint density at radius 2 is 1.41 bits per heavy atom. The summed E-state index contributed by atoms with van der Waals surface area (Å²) < 4.78 is 15.6. The van der Waals surface area contributed by atoms with E-state index < -0.39 is 7.60 Å². The molecule has 0 aliphatic rings. The molecule has 0 saturated carbocycles. The predicted octanol–water partition coefficient (Wildman–Crippen LogP) is 2.74. The van der Waals surface area contributed by atoms with E-state index in [-0.39, 0.29) is 12.1 Å². The summed E-state index contributed by atoms with van der Waals surface area (Å²) in [4.78, 5) is 29.2. The van der Waals surface area contributed by atoms with Crippen LogP contribution in [0.25, 0.3) is 0 Å².